The fraction of sp³-hybridized carbons (Fsp3) is 0.364. The molecule has 2 heterocycles. The van der Waals surface area contributed by atoms with E-state index in [-0.39, 0.29) is 47.8 Å². The van der Waals surface area contributed by atoms with Gasteiger partial charge in [-0.05, 0) is 55.0 Å². The standard InChI is InChI=1S/C22H22F4N6O4S/c23-16-6-14(5-15(8-16)22(24,25)26)10-32-4-3-19(31-32)20(33)18-9-28-12-29-21(18)30-17-2-1-13(7-17)11-36-37(27,34)35/h3-6,8-9,12-13,17H,1-2,7,10-11H2,(H2,27,34,35)(H,28,29,30). The van der Waals surface area contributed by atoms with Crippen LogP contribution in [0, 0.1) is 11.7 Å². The van der Waals surface area contributed by atoms with Crippen molar-refractivity contribution in [2.24, 2.45) is 11.1 Å². The van der Waals surface area contributed by atoms with E-state index >= 15 is 0 Å². The number of ketones is 1. The van der Waals surface area contributed by atoms with Gasteiger partial charge in [-0.25, -0.2) is 19.5 Å². The largest absolute Gasteiger partial charge is 0.416 e. The third-order valence-corrected chi connectivity index (χ3v) is 6.27. The zero-order valence-electron chi connectivity index (χ0n) is 19.2. The van der Waals surface area contributed by atoms with E-state index in [9.17, 15) is 30.8 Å². The highest BCUT2D eigenvalue weighted by molar-refractivity contribution is 7.84. The van der Waals surface area contributed by atoms with Gasteiger partial charge in [0.1, 0.15) is 23.7 Å². The molecule has 1 aromatic carbocycles. The maximum absolute atomic E-state index is 13.7. The minimum atomic E-state index is -4.70. The number of anilines is 1. The summed E-state index contributed by atoms with van der Waals surface area (Å²) in [4.78, 5) is 21.2. The molecule has 1 fully saturated rings. The number of hydrogen-bond acceptors (Lipinski definition) is 8. The van der Waals surface area contributed by atoms with Crippen molar-refractivity contribution in [3.05, 3.63) is 71.2 Å². The van der Waals surface area contributed by atoms with Gasteiger partial charge in [0.25, 0.3) is 0 Å². The van der Waals surface area contributed by atoms with Gasteiger partial charge in [0.15, 0.2) is 0 Å². The monoisotopic (exact) mass is 542 g/mol. The normalized spacial score (nSPS) is 18.2. The Morgan fingerprint density at radius 2 is 2.03 bits per heavy atom. The molecule has 3 aromatic rings. The second-order valence-corrected chi connectivity index (χ2v) is 9.88. The van der Waals surface area contributed by atoms with Crippen LogP contribution in [0.3, 0.4) is 0 Å². The Balaban J connectivity index is 1.45. The highest BCUT2D eigenvalue weighted by Crippen LogP contribution is 2.31. The summed E-state index contributed by atoms with van der Waals surface area (Å²) in [6, 6.07) is 3.48. The first-order valence-electron chi connectivity index (χ1n) is 11.1. The first kappa shape index (κ1) is 26.6. The number of halogens is 4. The van der Waals surface area contributed by atoms with E-state index in [0.29, 0.717) is 25.3 Å². The zero-order valence-corrected chi connectivity index (χ0v) is 20.0. The Hall–Kier alpha value is -3.43. The van der Waals surface area contributed by atoms with E-state index in [0.717, 1.165) is 12.1 Å². The molecule has 0 spiro atoms. The van der Waals surface area contributed by atoms with Crippen LogP contribution in [0.2, 0.25) is 0 Å². The van der Waals surface area contributed by atoms with Crippen LogP contribution < -0.4 is 10.5 Å². The van der Waals surface area contributed by atoms with E-state index in [1.54, 1.807) is 0 Å². The predicted octanol–water partition coefficient (Wildman–Crippen LogP) is 2.91. The number of carbonyl (C=O) groups is 1. The summed E-state index contributed by atoms with van der Waals surface area (Å²) in [5, 5.41) is 12.2. The Labute approximate surface area is 209 Å². The topological polar surface area (TPSA) is 142 Å². The van der Waals surface area contributed by atoms with Gasteiger partial charge in [-0.3, -0.25) is 13.7 Å². The molecule has 0 aliphatic heterocycles. The van der Waals surface area contributed by atoms with Crippen LogP contribution in [-0.2, 0) is 27.2 Å². The van der Waals surface area contributed by atoms with Crippen molar-refractivity contribution in [1.29, 1.82) is 0 Å². The summed E-state index contributed by atoms with van der Waals surface area (Å²) in [6.45, 7) is -0.228. The summed E-state index contributed by atoms with van der Waals surface area (Å²) in [6.07, 6.45) is 1.20. The fourth-order valence-electron chi connectivity index (χ4n) is 4.15. The molecule has 0 bridgehead atoms. The molecule has 2 unspecified atom stereocenters. The average molecular weight is 543 g/mol. The summed E-state index contributed by atoms with van der Waals surface area (Å²) < 4.78 is 80.6. The minimum absolute atomic E-state index is 0.00357. The molecule has 10 nitrogen and oxygen atoms in total. The van der Waals surface area contributed by atoms with Crippen LogP contribution in [-0.4, -0.2) is 46.6 Å². The summed E-state index contributed by atoms with van der Waals surface area (Å²) in [5.74, 6) is -1.35. The Morgan fingerprint density at radius 3 is 2.76 bits per heavy atom. The molecule has 2 atom stereocenters. The molecule has 37 heavy (non-hydrogen) atoms. The first-order chi connectivity index (χ1) is 17.4. The maximum atomic E-state index is 13.7. The van der Waals surface area contributed by atoms with Crippen LogP contribution in [0.5, 0.6) is 0 Å². The van der Waals surface area contributed by atoms with Gasteiger partial charge in [0, 0.05) is 18.4 Å². The molecular weight excluding hydrogens is 520 g/mol. The molecule has 4 rings (SSSR count). The molecule has 2 aromatic heterocycles. The lowest BCUT2D eigenvalue weighted by atomic mass is 10.1. The molecule has 0 amide bonds. The number of rotatable bonds is 9. The summed E-state index contributed by atoms with van der Waals surface area (Å²) in [5.41, 5.74) is -0.964. The van der Waals surface area contributed by atoms with Crippen molar-refractivity contribution in [3.8, 4) is 0 Å². The maximum Gasteiger partial charge on any atom is 0.416 e. The van der Waals surface area contributed by atoms with E-state index in [1.165, 1.54) is 29.5 Å². The number of carbonyl (C=O) groups excluding carboxylic acids is 1. The molecular formula is C22H22F4N6O4S. The number of benzene rings is 1. The SMILES string of the molecule is NS(=O)(=O)OCC1CCC(Nc2ncncc2C(=O)c2ccn(Cc3cc(F)cc(C(F)(F)F)c3)n2)C1. The summed E-state index contributed by atoms with van der Waals surface area (Å²) >= 11 is 0. The van der Waals surface area contributed by atoms with Crippen molar-refractivity contribution in [2.75, 3.05) is 11.9 Å². The van der Waals surface area contributed by atoms with Gasteiger partial charge in [-0.1, -0.05) is 0 Å². The molecule has 15 heteroatoms. The van der Waals surface area contributed by atoms with Crippen LogP contribution in [0.15, 0.2) is 43.0 Å². The molecule has 1 aliphatic rings. The third kappa shape index (κ3) is 7.08. The zero-order chi connectivity index (χ0) is 26.8. The van der Waals surface area contributed by atoms with E-state index in [4.69, 9.17) is 5.14 Å². The second-order valence-electron chi connectivity index (χ2n) is 8.66. The van der Waals surface area contributed by atoms with E-state index < -0.39 is 33.6 Å². The highest BCUT2D eigenvalue weighted by atomic mass is 32.2. The van der Waals surface area contributed by atoms with Crippen molar-refractivity contribution >= 4 is 21.9 Å². The van der Waals surface area contributed by atoms with Crippen LogP contribution in [0.4, 0.5) is 23.4 Å². The van der Waals surface area contributed by atoms with Crippen molar-refractivity contribution in [1.82, 2.24) is 19.7 Å². The Morgan fingerprint density at radius 1 is 1.24 bits per heavy atom. The lowest BCUT2D eigenvalue weighted by molar-refractivity contribution is -0.137. The minimum Gasteiger partial charge on any atom is -0.367 e. The average Bonchev–Trinajstić information content (AvgIpc) is 3.46. The van der Waals surface area contributed by atoms with Gasteiger partial charge >= 0.3 is 16.5 Å². The number of nitrogens with two attached hydrogens (primary N) is 1. The number of hydrogen-bond donors (Lipinski definition) is 2. The van der Waals surface area contributed by atoms with Crippen molar-refractivity contribution < 1.29 is 35.0 Å². The Kier molecular flexibility index (Phi) is 7.57. The third-order valence-electron chi connectivity index (χ3n) is 5.81. The second kappa shape index (κ2) is 10.5. The quantitative estimate of drug-likeness (QED) is 0.311. The van der Waals surface area contributed by atoms with E-state index in [1.807, 2.05) is 0 Å². The number of nitrogens with zero attached hydrogens (tertiary/aromatic N) is 4. The lowest BCUT2D eigenvalue weighted by Gasteiger charge is -2.15. The molecule has 0 saturated heterocycles. The molecule has 3 N–H and O–H groups in total. The predicted molar refractivity (Wildman–Crippen MR) is 122 cm³/mol. The Bertz CT molecular complexity index is 1400. The molecule has 1 aliphatic carbocycles. The lowest BCUT2D eigenvalue weighted by Crippen LogP contribution is -2.22. The first-order valence-corrected chi connectivity index (χ1v) is 12.5. The van der Waals surface area contributed by atoms with Gasteiger partial charge in [-0.2, -0.15) is 26.7 Å². The van der Waals surface area contributed by atoms with Gasteiger partial charge in [0.05, 0.1) is 24.3 Å². The molecule has 198 valence electrons. The summed E-state index contributed by atoms with van der Waals surface area (Å²) in [7, 11) is -4.03. The fourth-order valence-corrected chi connectivity index (χ4v) is 4.54. The molecule has 0 radical (unpaired) electrons. The smallest absolute Gasteiger partial charge is 0.367 e. The number of aromatic nitrogens is 4. The van der Waals surface area contributed by atoms with Gasteiger partial charge in [0.2, 0.25) is 5.78 Å². The molecule has 1 saturated carbocycles. The number of alkyl halides is 3. The van der Waals surface area contributed by atoms with Gasteiger partial charge < -0.3 is 5.32 Å². The van der Waals surface area contributed by atoms with Crippen LogP contribution in [0.25, 0.3) is 0 Å². The van der Waals surface area contributed by atoms with Crippen molar-refractivity contribution in [2.45, 2.75) is 38.0 Å². The van der Waals surface area contributed by atoms with E-state index in [2.05, 4.69) is 24.6 Å². The van der Waals surface area contributed by atoms with Crippen LogP contribution >= 0.6 is 0 Å². The van der Waals surface area contributed by atoms with Crippen LogP contribution in [0.1, 0.15) is 46.4 Å². The van der Waals surface area contributed by atoms with Crippen molar-refractivity contribution in [3.63, 3.8) is 0 Å². The van der Waals surface area contributed by atoms with Gasteiger partial charge in [-0.15, -0.1) is 0 Å². The highest BCUT2D eigenvalue weighted by Gasteiger charge is 2.31. The number of nitrogens with one attached hydrogen (secondary N) is 1.